The Kier molecular flexibility index (Phi) is 7.29. The molecule has 9 heteroatoms. The van der Waals surface area contributed by atoms with Gasteiger partial charge in [-0.15, -0.1) is 0 Å². The third-order valence-corrected chi connectivity index (χ3v) is 5.18. The van der Waals surface area contributed by atoms with Gasteiger partial charge < -0.3 is 15.5 Å². The lowest BCUT2D eigenvalue weighted by atomic mass is 10.2. The number of nitrogens with one attached hydrogen (secondary N) is 2. The molecule has 0 atom stereocenters. The molecule has 1 fully saturated rings. The van der Waals surface area contributed by atoms with Crippen LogP contribution < -0.4 is 10.6 Å². The van der Waals surface area contributed by atoms with Crippen molar-refractivity contribution in [3.8, 4) is 0 Å². The Morgan fingerprint density at radius 3 is 2.43 bits per heavy atom. The van der Waals surface area contributed by atoms with Crippen molar-refractivity contribution < 1.29 is 18.8 Å². The van der Waals surface area contributed by atoms with Crippen LogP contribution in [0.2, 0.25) is 10.0 Å². The molecule has 1 aliphatic carbocycles. The van der Waals surface area contributed by atoms with Crippen molar-refractivity contribution in [3.05, 3.63) is 69.5 Å². The highest BCUT2D eigenvalue weighted by Gasteiger charge is 2.32. The van der Waals surface area contributed by atoms with Gasteiger partial charge in [0.2, 0.25) is 11.8 Å². The molecule has 1 aliphatic rings. The first-order valence-corrected chi connectivity index (χ1v) is 10.1. The van der Waals surface area contributed by atoms with Crippen molar-refractivity contribution in [2.45, 2.75) is 25.4 Å². The maximum atomic E-state index is 13.9. The van der Waals surface area contributed by atoms with E-state index in [9.17, 15) is 18.8 Å². The van der Waals surface area contributed by atoms with E-state index in [2.05, 4.69) is 10.6 Å². The fourth-order valence-electron chi connectivity index (χ4n) is 2.88. The second kappa shape index (κ2) is 9.91. The minimum atomic E-state index is -0.530. The van der Waals surface area contributed by atoms with E-state index >= 15 is 0 Å². The van der Waals surface area contributed by atoms with E-state index in [1.165, 1.54) is 24.3 Å². The number of amides is 3. The lowest BCUT2D eigenvalue weighted by Gasteiger charge is -2.23. The monoisotopic (exact) mass is 451 g/mol. The third-order valence-electron chi connectivity index (χ3n) is 4.63. The Bertz CT molecular complexity index is 966. The zero-order valence-corrected chi connectivity index (χ0v) is 17.5. The zero-order chi connectivity index (χ0) is 21.7. The molecule has 30 heavy (non-hydrogen) atoms. The molecule has 0 saturated heterocycles. The van der Waals surface area contributed by atoms with Crippen LogP contribution >= 0.6 is 23.2 Å². The molecular formula is C21H20Cl2FN3O3. The first-order chi connectivity index (χ1) is 14.3. The fraction of sp³-hybridized carbons (Fsp3) is 0.286. The van der Waals surface area contributed by atoms with E-state index in [1.807, 2.05) is 0 Å². The van der Waals surface area contributed by atoms with Gasteiger partial charge in [0, 0.05) is 23.2 Å². The Morgan fingerprint density at radius 1 is 1.03 bits per heavy atom. The minimum absolute atomic E-state index is 0.0563. The van der Waals surface area contributed by atoms with Gasteiger partial charge >= 0.3 is 0 Å². The van der Waals surface area contributed by atoms with E-state index in [1.54, 1.807) is 23.1 Å². The summed E-state index contributed by atoms with van der Waals surface area (Å²) in [5, 5.41) is 5.49. The largest absolute Gasteiger partial charge is 0.345 e. The molecule has 2 aromatic rings. The summed E-state index contributed by atoms with van der Waals surface area (Å²) in [5.41, 5.74) is 0.617. The number of nitrogens with zero attached hydrogens (tertiary/aromatic N) is 1. The molecule has 0 bridgehead atoms. The van der Waals surface area contributed by atoms with Crippen LogP contribution in [-0.4, -0.2) is 41.8 Å². The van der Waals surface area contributed by atoms with Crippen LogP contribution in [0.15, 0.2) is 42.5 Å². The summed E-state index contributed by atoms with van der Waals surface area (Å²) in [4.78, 5) is 38.3. The number of benzene rings is 2. The predicted octanol–water partition coefficient (Wildman–Crippen LogP) is 3.17. The Morgan fingerprint density at radius 2 is 1.77 bits per heavy atom. The summed E-state index contributed by atoms with van der Waals surface area (Å²) in [6.45, 7) is -0.402. The van der Waals surface area contributed by atoms with Crippen molar-refractivity contribution in [2.24, 2.45) is 0 Å². The Hall–Kier alpha value is -2.64. The van der Waals surface area contributed by atoms with Gasteiger partial charge in [0.05, 0.1) is 23.7 Å². The summed E-state index contributed by atoms with van der Waals surface area (Å²) >= 11 is 11.8. The van der Waals surface area contributed by atoms with E-state index in [0.717, 1.165) is 12.8 Å². The van der Waals surface area contributed by atoms with E-state index in [0.29, 0.717) is 10.6 Å². The van der Waals surface area contributed by atoms with Crippen LogP contribution in [0, 0.1) is 5.82 Å². The van der Waals surface area contributed by atoms with Gasteiger partial charge in [-0.05, 0) is 37.1 Å². The highest BCUT2D eigenvalue weighted by molar-refractivity contribution is 6.36. The summed E-state index contributed by atoms with van der Waals surface area (Å²) in [5.74, 6) is -1.73. The van der Waals surface area contributed by atoms with E-state index in [-0.39, 0.29) is 48.0 Å². The fourth-order valence-corrected chi connectivity index (χ4v) is 3.38. The van der Waals surface area contributed by atoms with Crippen molar-refractivity contribution in [1.29, 1.82) is 0 Å². The number of halogens is 3. The highest BCUT2D eigenvalue weighted by atomic mass is 35.5. The quantitative estimate of drug-likeness (QED) is 0.646. The smallest absolute Gasteiger partial charge is 0.253 e. The highest BCUT2D eigenvalue weighted by Crippen LogP contribution is 2.28. The number of hydrogen-bond donors (Lipinski definition) is 2. The number of carbonyl (C=O) groups is 3. The Labute approximate surface area is 183 Å². The molecule has 0 unspecified atom stereocenters. The lowest BCUT2D eigenvalue weighted by Crippen LogP contribution is -2.44. The van der Waals surface area contributed by atoms with Crippen molar-refractivity contribution >= 4 is 40.9 Å². The predicted molar refractivity (Wildman–Crippen MR) is 112 cm³/mol. The number of carbonyl (C=O) groups excluding carboxylic acids is 3. The summed E-state index contributed by atoms with van der Waals surface area (Å²) in [6.07, 6.45) is 1.71. The van der Waals surface area contributed by atoms with Crippen LogP contribution in [-0.2, 0) is 16.1 Å². The van der Waals surface area contributed by atoms with Gasteiger partial charge in [0.1, 0.15) is 5.82 Å². The molecule has 0 spiro atoms. The topological polar surface area (TPSA) is 78.5 Å². The van der Waals surface area contributed by atoms with Gasteiger partial charge in [0.15, 0.2) is 0 Å². The first kappa shape index (κ1) is 22.1. The molecule has 0 aliphatic heterocycles. The molecular weight excluding hydrogens is 432 g/mol. The van der Waals surface area contributed by atoms with Gasteiger partial charge in [-0.1, -0.05) is 41.4 Å². The van der Waals surface area contributed by atoms with Crippen LogP contribution in [0.1, 0.15) is 28.8 Å². The van der Waals surface area contributed by atoms with Gasteiger partial charge in [-0.2, -0.15) is 0 Å². The SMILES string of the molecule is O=C(CNC(=O)c1ccc(Cl)cc1Cl)NCC(=O)N(Cc1ccccc1F)C1CC1. The van der Waals surface area contributed by atoms with Crippen molar-refractivity contribution in [3.63, 3.8) is 0 Å². The average molecular weight is 452 g/mol. The normalized spacial score (nSPS) is 12.9. The molecule has 3 amide bonds. The van der Waals surface area contributed by atoms with Gasteiger partial charge in [-0.3, -0.25) is 14.4 Å². The number of rotatable bonds is 8. The molecule has 3 rings (SSSR count). The molecule has 6 nitrogen and oxygen atoms in total. The zero-order valence-electron chi connectivity index (χ0n) is 16.0. The molecule has 2 aromatic carbocycles. The van der Waals surface area contributed by atoms with E-state index < -0.39 is 11.8 Å². The lowest BCUT2D eigenvalue weighted by molar-refractivity contribution is -0.133. The first-order valence-electron chi connectivity index (χ1n) is 9.38. The second-order valence-electron chi connectivity index (χ2n) is 6.93. The van der Waals surface area contributed by atoms with Crippen LogP contribution in [0.3, 0.4) is 0 Å². The summed E-state index contributed by atoms with van der Waals surface area (Å²) in [6, 6.07) is 10.7. The molecule has 158 valence electrons. The van der Waals surface area contributed by atoms with Crippen molar-refractivity contribution in [1.82, 2.24) is 15.5 Å². The third kappa shape index (κ3) is 5.93. The van der Waals surface area contributed by atoms with Crippen LogP contribution in [0.25, 0.3) is 0 Å². The maximum absolute atomic E-state index is 13.9. The molecule has 0 aromatic heterocycles. The molecule has 0 heterocycles. The van der Waals surface area contributed by atoms with Gasteiger partial charge in [-0.25, -0.2) is 4.39 Å². The maximum Gasteiger partial charge on any atom is 0.253 e. The van der Waals surface area contributed by atoms with Gasteiger partial charge in [0.25, 0.3) is 5.91 Å². The molecule has 2 N–H and O–H groups in total. The average Bonchev–Trinajstić information content (AvgIpc) is 3.54. The standard InChI is InChI=1S/C21H20Cl2FN3O3/c22-14-5-8-16(17(23)9-14)21(30)26-10-19(28)25-11-20(29)27(15-6-7-15)12-13-3-1-2-4-18(13)24/h1-5,8-9,15H,6-7,10-12H2,(H,25,28)(H,26,30). The summed E-state index contributed by atoms with van der Waals surface area (Å²) < 4.78 is 13.9. The molecule has 0 radical (unpaired) electrons. The van der Waals surface area contributed by atoms with Crippen molar-refractivity contribution in [2.75, 3.05) is 13.1 Å². The molecule has 1 saturated carbocycles. The number of hydrogen-bond acceptors (Lipinski definition) is 3. The van der Waals surface area contributed by atoms with E-state index in [4.69, 9.17) is 23.2 Å². The van der Waals surface area contributed by atoms with Crippen LogP contribution in [0.5, 0.6) is 0 Å². The summed E-state index contributed by atoms with van der Waals surface area (Å²) in [7, 11) is 0. The minimum Gasteiger partial charge on any atom is -0.345 e. The second-order valence-corrected chi connectivity index (χ2v) is 7.77. The Balaban J connectivity index is 1.49. The van der Waals surface area contributed by atoms with Crippen LogP contribution in [0.4, 0.5) is 4.39 Å².